The maximum Gasteiger partial charge on any atom is 0.138 e. The van der Waals surface area contributed by atoms with E-state index in [9.17, 15) is 0 Å². The summed E-state index contributed by atoms with van der Waals surface area (Å²) in [7, 11) is 0. The number of nitrogens with one attached hydrogen (secondary N) is 2. The summed E-state index contributed by atoms with van der Waals surface area (Å²) in [5.41, 5.74) is 2.71. The number of hydrogen-bond donors (Lipinski definition) is 2. The second-order valence-electron chi connectivity index (χ2n) is 5.87. The normalized spacial score (nSPS) is 10.8. The van der Waals surface area contributed by atoms with Crippen molar-refractivity contribution in [3.8, 4) is 5.75 Å². The van der Waals surface area contributed by atoms with E-state index < -0.39 is 0 Å². The number of ether oxygens (including phenoxy) is 1. The second kappa shape index (κ2) is 7.01. The first-order valence-corrected chi connectivity index (χ1v) is 8.46. The van der Waals surface area contributed by atoms with Crippen LogP contribution in [0.5, 0.6) is 5.75 Å². The van der Waals surface area contributed by atoms with Crippen LogP contribution in [0.2, 0.25) is 5.15 Å². The number of H-pyrrole nitrogens is 1. The third-order valence-corrected chi connectivity index (χ3v) is 4.10. The van der Waals surface area contributed by atoms with Crippen LogP contribution >= 0.6 is 11.6 Å². The number of aromatic nitrogens is 4. The number of anilines is 2. The highest BCUT2D eigenvalue weighted by Crippen LogP contribution is 2.28. The quantitative estimate of drug-likeness (QED) is 0.504. The van der Waals surface area contributed by atoms with E-state index in [1.54, 1.807) is 18.5 Å². The molecular formula is C19H16ClN5O. The van der Waals surface area contributed by atoms with Crippen LogP contribution in [-0.4, -0.2) is 20.2 Å². The highest BCUT2D eigenvalue weighted by Gasteiger charge is 2.06. The van der Waals surface area contributed by atoms with Gasteiger partial charge in [-0.1, -0.05) is 11.6 Å². The SMILES string of the molecule is Cc1cc(COc2ccc3c(Nc4ccc(Cl)nc4)nccc3c2)n[nH]1. The molecule has 6 nitrogen and oxygen atoms in total. The van der Waals surface area contributed by atoms with E-state index in [0.29, 0.717) is 11.8 Å². The standard InChI is InChI=1S/C19H16ClN5O/c1-12-8-15(25-24-12)11-26-16-3-4-17-13(9-16)6-7-21-19(17)23-14-2-5-18(20)22-10-14/h2-10H,11H2,1H3,(H,21,23)(H,24,25). The maximum absolute atomic E-state index is 5.84. The van der Waals surface area contributed by atoms with Gasteiger partial charge in [-0.05, 0) is 54.8 Å². The third-order valence-electron chi connectivity index (χ3n) is 3.87. The highest BCUT2D eigenvalue weighted by atomic mass is 35.5. The number of nitrogens with zero attached hydrogens (tertiary/aromatic N) is 3. The molecule has 3 heterocycles. The molecule has 7 heteroatoms. The summed E-state index contributed by atoms with van der Waals surface area (Å²) in [6, 6.07) is 13.4. The molecule has 0 aliphatic carbocycles. The molecule has 3 aromatic heterocycles. The Kier molecular flexibility index (Phi) is 4.41. The van der Waals surface area contributed by atoms with Gasteiger partial charge < -0.3 is 10.1 Å². The lowest BCUT2D eigenvalue weighted by molar-refractivity contribution is 0.301. The molecule has 0 bridgehead atoms. The van der Waals surface area contributed by atoms with Crippen molar-refractivity contribution in [3.63, 3.8) is 0 Å². The molecule has 130 valence electrons. The molecule has 0 atom stereocenters. The van der Waals surface area contributed by atoms with Crippen molar-refractivity contribution in [2.45, 2.75) is 13.5 Å². The first-order chi connectivity index (χ1) is 12.7. The number of hydrogen-bond acceptors (Lipinski definition) is 5. The van der Waals surface area contributed by atoms with Gasteiger partial charge in [-0.15, -0.1) is 0 Å². The monoisotopic (exact) mass is 365 g/mol. The van der Waals surface area contributed by atoms with Gasteiger partial charge in [-0.3, -0.25) is 5.10 Å². The second-order valence-corrected chi connectivity index (χ2v) is 6.26. The minimum absolute atomic E-state index is 0.419. The molecule has 0 aliphatic heterocycles. The lowest BCUT2D eigenvalue weighted by Gasteiger charge is -2.10. The Morgan fingerprint density at radius 2 is 2.04 bits per heavy atom. The van der Waals surface area contributed by atoms with Gasteiger partial charge in [0.15, 0.2) is 0 Å². The number of pyridine rings is 2. The van der Waals surface area contributed by atoms with Gasteiger partial charge in [0.2, 0.25) is 0 Å². The lowest BCUT2D eigenvalue weighted by Crippen LogP contribution is -1.97. The Morgan fingerprint density at radius 1 is 1.12 bits per heavy atom. The van der Waals surface area contributed by atoms with Crippen LogP contribution < -0.4 is 10.1 Å². The van der Waals surface area contributed by atoms with Crippen LogP contribution in [0.1, 0.15) is 11.4 Å². The van der Waals surface area contributed by atoms with E-state index in [2.05, 4.69) is 25.5 Å². The first kappa shape index (κ1) is 16.4. The van der Waals surface area contributed by atoms with E-state index >= 15 is 0 Å². The first-order valence-electron chi connectivity index (χ1n) is 8.08. The molecule has 4 aromatic rings. The fourth-order valence-electron chi connectivity index (χ4n) is 2.64. The van der Waals surface area contributed by atoms with E-state index in [0.717, 1.165) is 39.4 Å². The van der Waals surface area contributed by atoms with Crippen molar-refractivity contribution in [2.24, 2.45) is 0 Å². The van der Waals surface area contributed by atoms with Gasteiger partial charge in [0.25, 0.3) is 0 Å². The lowest BCUT2D eigenvalue weighted by atomic mass is 10.1. The Balaban J connectivity index is 1.56. The van der Waals surface area contributed by atoms with Crippen molar-refractivity contribution >= 4 is 33.9 Å². The summed E-state index contributed by atoms with van der Waals surface area (Å²) < 4.78 is 5.84. The molecule has 0 radical (unpaired) electrons. The number of halogens is 1. The molecule has 0 spiro atoms. The van der Waals surface area contributed by atoms with Crippen LogP contribution in [0.15, 0.2) is 54.9 Å². The van der Waals surface area contributed by atoms with Gasteiger partial charge in [0.05, 0.1) is 17.6 Å². The Morgan fingerprint density at radius 3 is 2.81 bits per heavy atom. The van der Waals surface area contributed by atoms with Gasteiger partial charge in [-0.2, -0.15) is 5.10 Å². The predicted molar refractivity (Wildman–Crippen MR) is 102 cm³/mol. The Labute approximate surface area is 155 Å². The highest BCUT2D eigenvalue weighted by molar-refractivity contribution is 6.29. The van der Waals surface area contributed by atoms with Crippen molar-refractivity contribution in [1.82, 2.24) is 20.2 Å². The molecule has 0 saturated carbocycles. The molecule has 0 saturated heterocycles. The molecular weight excluding hydrogens is 350 g/mol. The molecule has 1 aromatic carbocycles. The van der Waals surface area contributed by atoms with Gasteiger partial charge >= 0.3 is 0 Å². The summed E-state index contributed by atoms with van der Waals surface area (Å²) in [4.78, 5) is 8.49. The van der Waals surface area contributed by atoms with Crippen molar-refractivity contribution in [3.05, 3.63) is 71.4 Å². The molecule has 0 amide bonds. The molecule has 2 N–H and O–H groups in total. The maximum atomic E-state index is 5.84. The van der Waals surface area contributed by atoms with Gasteiger partial charge in [0.1, 0.15) is 23.3 Å². The summed E-state index contributed by atoms with van der Waals surface area (Å²) in [5.74, 6) is 1.53. The number of benzene rings is 1. The number of fused-ring (bicyclic) bond motifs is 1. The molecule has 0 fully saturated rings. The third kappa shape index (κ3) is 3.60. The van der Waals surface area contributed by atoms with Gasteiger partial charge in [-0.25, -0.2) is 9.97 Å². The van der Waals surface area contributed by atoms with E-state index in [1.807, 2.05) is 43.3 Å². The van der Waals surface area contributed by atoms with Crippen molar-refractivity contribution in [2.75, 3.05) is 5.32 Å². The van der Waals surface area contributed by atoms with Crippen LogP contribution in [0, 0.1) is 6.92 Å². The topological polar surface area (TPSA) is 75.7 Å². The summed E-state index contributed by atoms with van der Waals surface area (Å²) in [6.07, 6.45) is 3.43. The Bertz CT molecular complexity index is 1050. The molecule has 26 heavy (non-hydrogen) atoms. The largest absolute Gasteiger partial charge is 0.487 e. The molecule has 0 unspecified atom stereocenters. The van der Waals surface area contributed by atoms with Crippen LogP contribution in [0.4, 0.5) is 11.5 Å². The van der Waals surface area contributed by atoms with E-state index in [1.165, 1.54) is 0 Å². The minimum Gasteiger partial charge on any atom is -0.487 e. The van der Waals surface area contributed by atoms with Crippen molar-refractivity contribution < 1.29 is 4.74 Å². The molecule has 0 aliphatic rings. The fourth-order valence-corrected chi connectivity index (χ4v) is 2.75. The van der Waals surface area contributed by atoms with Gasteiger partial charge in [0, 0.05) is 17.3 Å². The van der Waals surface area contributed by atoms with E-state index in [4.69, 9.17) is 16.3 Å². The van der Waals surface area contributed by atoms with Crippen LogP contribution in [0.25, 0.3) is 10.8 Å². The molecule has 4 rings (SSSR count). The zero-order valence-corrected chi connectivity index (χ0v) is 14.8. The summed E-state index contributed by atoms with van der Waals surface area (Å²) >= 11 is 5.83. The zero-order chi connectivity index (χ0) is 17.9. The van der Waals surface area contributed by atoms with Crippen molar-refractivity contribution in [1.29, 1.82) is 0 Å². The average Bonchev–Trinajstić information content (AvgIpc) is 3.07. The smallest absolute Gasteiger partial charge is 0.138 e. The van der Waals surface area contributed by atoms with Crippen LogP contribution in [-0.2, 0) is 6.61 Å². The zero-order valence-electron chi connectivity index (χ0n) is 14.0. The fraction of sp³-hybridized carbons (Fsp3) is 0.105. The number of aromatic amines is 1. The average molecular weight is 366 g/mol. The van der Waals surface area contributed by atoms with E-state index in [-0.39, 0.29) is 0 Å². The summed E-state index contributed by atoms with van der Waals surface area (Å²) in [5, 5.41) is 12.8. The number of rotatable bonds is 5. The van der Waals surface area contributed by atoms with Crippen LogP contribution in [0.3, 0.4) is 0 Å². The number of aryl methyl sites for hydroxylation is 1. The predicted octanol–water partition coefficient (Wildman–Crippen LogP) is 4.64. The Hall–Kier alpha value is -3.12. The minimum atomic E-state index is 0.419. The summed E-state index contributed by atoms with van der Waals surface area (Å²) in [6.45, 7) is 2.38.